The number of hydrogen-bond acceptors (Lipinski definition) is 6. The van der Waals surface area contributed by atoms with Gasteiger partial charge in [0, 0.05) is 19.2 Å². The Bertz CT molecular complexity index is 688. The summed E-state index contributed by atoms with van der Waals surface area (Å²) < 4.78 is 0. The highest BCUT2D eigenvalue weighted by Gasteiger charge is 2.34. The topological polar surface area (TPSA) is 88.1 Å². The lowest BCUT2D eigenvalue weighted by atomic mass is 10.1. The Hall–Kier alpha value is -2.35. The number of carbonyl (C=O) groups excluding carboxylic acids is 2. The molecule has 7 nitrogen and oxygen atoms in total. The second-order valence-corrected chi connectivity index (χ2v) is 6.29. The van der Waals surface area contributed by atoms with Crippen molar-refractivity contribution < 1.29 is 9.59 Å². The molecule has 2 amide bonds. The average molecular weight is 317 g/mol. The van der Waals surface area contributed by atoms with Crippen LogP contribution in [0.15, 0.2) is 24.4 Å². The highest BCUT2D eigenvalue weighted by Crippen LogP contribution is 2.22. The molecule has 1 N–H and O–H groups in total. The fourth-order valence-corrected chi connectivity index (χ4v) is 2.94. The van der Waals surface area contributed by atoms with Crippen molar-refractivity contribution in [1.29, 1.82) is 0 Å². The summed E-state index contributed by atoms with van der Waals surface area (Å²) in [4.78, 5) is 30.1. The van der Waals surface area contributed by atoms with E-state index in [-0.39, 0.29) is 24.2 Å². The second-order valence-electron chi connectivity index (χ2n) is 5.11. The lowest BCUT2D eigenvalue weighted by Crippen LogP contribution is -2.28. The van der Waals surface area contributed by atoms with Crippen LogP contribution in [-0.2, 0) is 16.1 Å². The lowest BCUT2D eigenvalue weighted by Gasteiger charge is -2.15. The van der Waals surface area contributed by atoms with Crippen LogP contribution in [0, 0.1) is 12.8 Å². The Labute approximate surface area is 131 Å². The van der Waals surface area contributed by atoms with Crippen molar-refractivity contribution in [2.24, 2.45) is 5.92 Å². The molecule has 0 radical (unpaired) electrons. The molecule has 0 unspecified atom stereocenters. The number of nitrogens with zero attached hydrogens (tertiary/aromatic N) is 4. The van der Waals surface area contributed by atoms with E-state index in [2.05, 4.69) is 20.5 Å². The van der Waals surface area contributed by atoms with Crippen molar-refractivity contribution in [2.45, 2.75) is 19.9 Å². The van der Waals surface area contributed by atoms with Gasteiger partial charge >= 0.3 is 0 Å². The summed E-state index contributed by atoms with van der Waals surface area (Å²) >= 11 is 1.32. The van der Waals surface area contributed by atoms with E-state index in [4.69, 9.17) is 0 Å². The predicted molar refractivity (Wildman–Crippen MR) is 81.0 cm³/mol. The van der Waals surface area contributed by atoms with Crippen LogP contribution < -0.4 is 5.32 Å². The van der Waals surface area contributed by atoms with Gasteiger partial charge in [0.15, 0.2) is 0 Å². The van der Waals surface area contributed by atoms with Crippen molar-refractivity contribution in [2.75, 3.05) is 11.9 Å². The molecular formula is C14H15N5O2S. The normalized spacial score (nSPS) is 17.8. The minimum atomic E-state index is -0.361. The highest BCUT2D eigenvalue weighted by atomic mass is 32.1. The Kier molecular flexibility index (Phi) is 4.10. The molecule has 2 aromatic heterocycles. The maximum atomic E-state index is 12.2. The smallest absolute Gasteiger partial charge is 0.231 e. The number of anilines is 1. The SMILES string of the molecule is Cc1nnc(NC(=O)[C@H]2CC(=O)N(Cc3ccccn3)C2)s1. The Balaban J connectivity index is 1.60. The van der Waals surface area contributed by atoms with Crippen molar-refractivity contribution in [3.63, 3.8) is 0 Å². The van der Waals surface area contributed by atoms with Gasteiger partial charge < -0.3 is 10.2 Å². The molecule has 3 heterocycles. The predicted octanol–water partition coefficient (Wildman–Crippen LogP) is 1.23. The molecule has 1 saturated heterocycles. The van der Waals surface area contributed by atoms with Crippen LogP contribution in [0.2, 0.25) is 0 Å². The van der Waals surface area contributed by atoms with Gasteiger partial charge in [-0.15, -0.1) is 10.2 Å². The number of carbonyl (C=O) groups is 2. The second kappa shape index (κ2) is 6.18. The number of aromatic nitrogens is 3. The zero-order valence-corrected chi connectivity index (χ0v) is 12.8. The lowest BCUT2D eigenvalue weighted by molar-refractivity contribution is -0.128. The molecule has 114 valence electrons. The van der Waals surface area contributed by atoms with E-state index < -0.39 is 0 Å². The van der Waals surface area contributed by atoms with Crippen LogP contribution in [0.5, 0.6) is 0 Å². The number of likely N-dealkylation sites (tertiary alicyclic amines) is 1. The first-order valence-electron chi connectivity index (χ1n) is 6.90. The third kappa shape index (κ3) is 3.28. The Morgan fingerprint density at radius 3 is 3.00 bits per heavy atom. The molecule has 3 rings (SSSR count). The summed E-state index contributed by atoms with van der Waals surface area (Å²) in [5.74, 6) is -0.576. The average Bonchev–Trinajstić information content (AvgIpc) is 3.07. The largest absolute Gasteiger partial charge is 0.336 e. The number of nitrogens with one attached hydrogen (secondary N) is 1. The fourth-order valence-electron chi connectivity index (χ4n) is 2.34. The standard InChI is InChI=1S/C14H15N5O2S/c1-9-17-18-14(22-9)16-13(21)10-6-12(20)19(7-10)8-11-4-2-3-5-15-11/h2-5,10H,6-8H2,1H3,(H,16,18,21)/t10-/m0/s1. The summed E-state index contributed by atoms with van der Waals surface area (Å²) in [6, 6.07) is 5.57. The summed E-state index contributed by atoms with van der Waals surface area (Å²) in [6.45, 7) is 2.65. The number of aryl methyl sites for hydroxylation is 1. The van der Waals surface area contributed by atoms with Crippen LogP contribution in [0.25, 0.3) is 0 Å². The van der Waals surface area contributed by atoms with E-state index >= 15 is 0 Å². The van der Waals surface area contributed by atoms with E-state index in [1.54, 1.807) is 11.1 Å². The molecule has 2 aromatic rings. The fraction of sp³-hybridized carbons (Fsp3) is 0.357. The van der Waals surface area contributed by atoms with Crippen LogP contribution in [0.3, 0.4) is 0 Å². The zero-order valence-electron chi connectivity index (χ0n) is 12.0. The minimum Gasteiger partial charge on any atom is -0.336 e. The number of amides is 2. The first kappa shape index (κ1) is 14.6. The van der Waals surface area contributed by atoms with Crippen molar-refractivity contribution in [1.82, 2.24) is 20.1 Å². The molecule has 1 atom stereocenters. The molecule has 0 spiro atoms. The van der Waals surface area contributed by atoms with E-state index in [0.29, 0.717) is 18.2 Å². The maximum absolute atomic E-state index is 12.2. The monoisotopic (exact) mass is 317 g/mol. The quantitative estimate of drug-likeness (QED) is 0.916. The molecule has 22 heavy (non-hydrogen) atoms. The summed E-state index contributed by atoms with van der Waals surface area (Å²) in [6.07, 6.45) is 1.91. The molecule has 8 heteroatoms. The number of hydrogen-bond donors (Lipinski definition) is 1. The van der Waals surface area contributed by atoms with E-state index in [1.165, 1.54) is 11.3 Å². The third-order valence-corrected chi connectivity index (χ3v) is 4.17. The zero-order chi connectivity index (χ0) is 15.5. The summed E-state index contributed by atoms with van der Waals surface area (Å²) in [5.41, 5.74) is 0.816. The van der Waals surface area contributed by atoms with E-state index in [1.807, 2.05) is 25.1 Å². The van der Waals surface area contributed by atoms with Gasteiger partial charge in [0.25, 0.3) is 0 Å². The van der Waals surface area contributed by atoms with Gasteiger partial charge in [-0.05, 0) is 19.1 Å². The van der Waals surface area contributed by atoms with Crippen LogP contribution in [0.1, 0.15) is 17.1 Å². The van der Waals surface area contributed by atoms with Crippen molar-refractivity contribution in [3.05, 3.63) is 35.1 Å². The van der Waals surface area contributed by atoms with Gasteiger partial charge in [-0.1, -0.05) is 17.4 Å². The molecule has 1 aliphatic rings. The molecule has 0 aromatic carbocycles. The summed E-state index contributed by atoms with van der Waals surface area (Å²) in [7, 11) is 0. The van der Waals surface area contributed by atoms with Gasteiger partial charge in [-0.2, -0.15) is 0 Å². The molecule has 0 saturated carbocycles. The maximum Gasteiger partial charge on any atom is 0.231 e. The van der Waals surface area contributed by atoms with Crippen LogP contribution in [0.4, 0.5) is 5.13 Å². The van der Waals surface area contributed by atoms with E-state index in [9.17, 15) is 9.59 Å². The van der Waals surface area contributed by atoms with Gasteiger partial charge in [0.2, 0.25) is 16.9 Å². The first-order valence-corrected chi connectivity index (χ1v) is 7.72. The van der Waals surface area contributed by atoms with Crippen LogP contribution in [-0.4, -0.2) is 38.4 Å². The molecule has 1 fully saturated rings. The van der Waals surface area contributed by atoms with E-state index in [0.717, 1.165) is 10.7 Å². The Morgan fingerprint density at radius 1 is 1.45 bits per heavy atom. The number of pyridine rings is 1. The third-order valence-electron chi connectivity index (χ3n) is 3.42. The van der Waals surface area contributed by atoms with Crippen molar-refractivity contribution in [3.8, 4) is 0 Å². The minimum absolute atomic E-state index is 0.0285. The van der Waals surface area contributed by atoms with Gasteiger partial charge in [-0.25, -0.2) is 0 Å². The first-order chi connectivity index (χ1) is 10.6. The van der Waals surface area contributed by atoms with Gasteiger partial charge in [-0.3, -0.25) is 14.6 Å². The van der Waals surface area contributed by atoms with Gasteiger partial charge in [0.05, 0.1) is 18.2 Å². The van der Waals surface area contributed by atoms with Crippen LogP contribution >= 0.6 is 11.3 Å². The highest BCUT2D eigenvalue weighted by molar-refractivity contribution is 7.15. The van der Waals surface area contributed by atoms with Gasteiger partial charge in [0.1, 0.15) is 5.01 Å². The molecule has 1 aliphatic heterocycles. The van der Waals surface area contributed by atoms with Crippen molar-refractivity contribution >= 4 is 28.3 Å². The number of rotatable bonds is 4. The molecule has 0 aliphatic carbocycles. The summed E-state index contributed by atoms with van der Waals surface area (Å²) in [5, 5.41) is 11.7. The molecule has 0 bridgehead atoms. The Morgan fingerprint density at radius 2 is 2.32 bits per heavy atom. The molecular weight excluding hydrogens is 302 g/mol.